The van der Waals surface area contributed by atoms with Gasteiger partial charge in [0, 0.05) is 44.1 Å². The maximum atomic E-state index is 13.1. The molecule has 0 atom stereocenters. The van der Waals surface area contributed by atoms with Gasteiger partial charge in [0.25, 0.3) is 5.91 Å². The summed E-state index contributed by atoms with van der Waals surface area (Å²) in [7, 11) is 0. The van der Waals surface area contributed by atoms with E-state index in [1.807, 2.05) is 13.0 Å². The monoisotopic (exact) mass is 347 g/mol. The molecule has 0 radical (unpaired) electrons. The molecule has 2 aromatic rings. The molecule has 1 aromatic heterocycles. The number of aryl methyl sites for hydroxylation is 1. The van der Waals surface area contributed by atoms with Gasteiger partial charge in [-0.25, -0.2) is 4.39 Å². The van der Waals surface area contributed by atoms with E-state index in [9.17, 15) is 9.18 Å². The van der Waals surface area contributed by atoms with Crippen LogP contribution >= 0.6 is 11.3 Å². The minimum atomic E-state index is -0.251. The topological polar surface area (TPSA) is 44.4 Å². The molecule has 3 rings (SSSR count). The van der Waals surface area contributed by atoms with Gasteiger partial charge >= 0.3 is 0 Å². The number of hydrogen-bond donors (Lipinski definition) is 2. The molecule has 0 bridgehead atoms. The quantitative estimate of drug-likeness (QED) is 0.873. The molecule has 1 aliphatic heterocycles. The van der Waals surface area contributed by atoms with E-state index in [-0.39, 0.29) is 11.7 Å². The number of nitrogens with one attached hydrogen (secondary N) is 2. The molecule has 1 saturated heterocycles. The van der Waals surface area contributed by atoms with Crippen LogP contribution < -0.4 is 10.6 Å². The van der Waals surface area contributed by atoms with Gasteiger partial charge in [-0.1, -0.05) is 12.1 Å². The van der Waals surface area contributed by atoms with Gasteiger partial charge < -0.3 is 10.6 Å². The van der Waals surface area contributed by atoms with Crippen molar-refractivity contribution in [2.75, 3.05) is 39.3 Å². The number of halogens is 1. The molecule has 4 nitrogen and oxygen atoms in total. The zero-order chi connectivity index (χ0) is 16.9. The highest BCUT2D eigenvalue weighted by atomic mass is 32.1. The van der Waals surface area contributed by atoms with Crippen LogP contribution in [0.25, 0.3) is 10.4 Å². The van der Waals surface area contributed by atoms with Crippen LogP contribution in [0.4, 0.5) is 4.39 Å². The average Bonchev–Trinajstić information content (AvgIpc) is 2.98. The second-order valence-corrected chi connectivity index (χ2v) is 7.03. The lowest BCUT2D eigenvalue weighted by Gasteiger charge is -2.26. The Morgan fingerprint density at radius 1 is 1.29 bits per heavy atom. The Balaban J connectivity index is 1.59. The fraction of sp³-hybridized carbons (Fsp3) is 0.389. The third-order valence-electron chi connectivity index (χ3n) is 4.17. The lowest BCUT2D eigenvalue weighted by atomic mass is 10.1. The number of benzene rings is 1. The van der Waals surface area contributed by atoms with Gasteiger partial charge in [-0.05, 0) is 36.2 Å². The fourth-order valence-corrected chi connectivity index (χ4v) is 3.93. The van der Waals surface area contributed by atoms with Crippen LogP contribution in [-0.4, -0.2) is 50.1 Å². The molecule has 0 unspecified atom stereocenters. The Bertz CT molecular complexity index is 693. The van der Waals surface area contributed by atoms with Crippen molar-refractivity contribution < 1.29 is 9.18 Å². The molecule has 2 heterocycles. The molecule has 1 aromatic carbocycles. The highest BCUT2D eigenvalue weighted by Crippen LogP contribution is 2.32. The Morgan fingerprint density at radius 3 is 2.71 bits per heavy atom. The number of carbonyl (C=O) groups excluding carboxylic acids is 1. The third-order valence-corrected chi connectivity index (χ3v) is 5.46. The first-order valence-electron chi connectivity index (χ1n) is 8.21. The number of rotatable bonds is 5. The van der Waals surface area contributed by atoms with Gasteiger partial charge in [0.2, 0.25) is 0 Å². The number of hydrogen-bond acceptors (Lipinski definition) is 4. The van der Waals surface area contributed by atoms with Crippen LogP contribution in [0.15, 0.2) is 30.3 Å². The maximum Gasteiger partial charge on any atom is 0.261 e. The van der Waals surface area contributed by atoms with E-state index in [1.54, 1.807) is 12.1 Å². The van der Waals surface area contributed by atoms with Gasteiger partial charge in [-0.15, -0.1) is 11.3 Å². The van der Waals surface area contributed by atoms with Crippen molar-refractivity contribution in [1.29, 1.82) is 0 Å². The lowest BCUT2D eigenvalue weighted by molar-refractivity contribution is 0.0951. The largest absolute Gasteiger partial charge is 0.350 e. The van der Waals surface area contributed by atoms with Crippen LogP contribution in [0.1, 0.15) is 15.2 Å². The predicted octanol–water partition coefficient (Wildman–Crippen LogP) is 2.50. The number of amides is 1. The molecule has 2 N–H and O–H groups in total. The molecule has 0 aliphatic carbocycles. The summed E-state index contributed by atoms with van der Waals surface area (Å²) in [5.41, 5.74) is 1.98. The molecule has 0 spiro atoms. The smallest absolute Gasteiger partial charge is 0.261 e. The SMILES string of the molecule is Cc1cc(C(=O)NCCN2CCNCC2)sc1-c1ccc(F)cc1. The molecular formula is C18H22FN3OS. The average molecular weight is 347 g/mol. The van der Waals surface area contributed by atoms with Crippen molar-refractivity contribution in [3.05, 3.63) is 46.6 Å². The van der Waals surface area contributed by atoms with Crippen LogP contribution in [-0.2, 0) is 0 Å². The van der Waals surface area contributed by atoms with Gasteiger partial charge in [0.05, 0.1) is 4.88 Å². The molecular weight excluding hydrogens is 325 g/mol. The summed E-state index contributed by atoms with van der Waals surface area (Å²) in [6.45, 7) is 7.60. The molecule has 1 fully saturated rings. The lowest BCUT2D eigenvalue weighted by Crippen LogP contribution is -2.46. The van der Waals surface area contributed by atoms with Crippen molar-refractivity contribution in [3.63, 3.8) is 0 Å². The second kappa shape index (κ2) is 7.88. The van der Waals surface area contributed by atoms with Crippen molar-refractivity contribution in [3.8, 4) is 10.4 Å². The van der Waals surface area contributed by atoms with Crippen LogP contribution in [0, 0.1) is 12.7 Å². The zero-order valence-electron chi connectivity index (χ0n) is 13.8. The highest BCUT2D eigenvalue weighted by molar-refractivity contribution is 7.17. The van der Waals surface area contributed by atoms with E-state index >= 15 is 0 Å². The van der Waals surface area contributed by atoms with Crippen LogP contribution in [0.3, 0.4) is 0 Å². The number of carbonyl (C=O) groups is 1. The van der Waals surface area contributed by atoms with Crippen molar-refractivity contribution >= 4 is 17.2 Å². The van der Waals surface area contributed by atoms with Crippen molar-refractivity contribution in [1.82, 2.24) is 15.5 Å². The Morgan fingerprint density at radius 2 is 2.00 bits per heavy atom. The Labute approximate surface area is 145 Å². The summed E-state index contributed by atoms with van der Waals surface area (Å²) in [6, 6.07) is 8.30. The van der Waals surface area contributed by atoms with E-state index in [2.05, 4.69) is 15.5 Å². The highest BCUT2D eigenvalue weighted by Gasteiger charge is 2.14. The fourth-order valence-electron chi connectivity index (χ4n) is 2.83. The Hall–Kier alpha value is -1.76. The summed E-state index contributed by atoms with van der Waals surface area (Å²) in [6.07, 6.45) is 0. The first-order chi connectivity index (χ1) is 11.6. The molecule has 1 aliphatic rings. The molecule has 1 amide bonds. The number of piperazine rings is 1. The first kappa shape index (κ1) is 17.1. The molecule has 24 heavy (non-hydrogen) atoms. The van der Waals surface area contributed by atoms with Gasteiger partial charge in [0.1, 0.15) is 5.82 Å². The molecule has 0 saturated carbocycles. The van der Waals surface area contributed by atoms with Gasteiger partial charge in [0.15, 0.2) is 0 Å². The normalized spacial score (nSPS) is 15.4. The number of thiophene rings is 1. The second-order valence-electron chi connectivity index (χ2n) is 5.98. The van der Waals surface area contributed by atoms with E-state index in [0.29, 0.717) is 11.4 Å². The van der Waals surface area contributed by atoms with E-state index in [4.69, 9.17) is 0 Å². The maximum absolute atomic E-state index is 13.1. The zero-order valence-corrected chi connectivity index (χ0v) is 14.6. The Kier molecular flexibility index (Phi) is 5.60. The van der Waals surface area contributed by atoms with Crippen LogP contribution in [0.2, 0.25) is 0 Å². The van der Waals surface area contributed by atoms with Crippen LogP contribution in [0.5, 0.6) is 0 Å². The minimum Gasteiger partial charge on any atom is -0.350 e. The predicted molar refractivity (Wildman–Crippen MR) is 96.1 cm³/mol. The number of nitrogens with zero attached hydrogens (tertiary/aromatic N) is 1. The molecule has 6 heteroatoms. The summed E-state index contributed by atoms with van der Waals surface area (Å²) in [5, 5.41) is 6.31. The first-order valence-corrected chi connectivity index (χ1v) is 9.03. The van der Waals surface area contributed by atoms with Gasteiger partial charge in [-0.3, -0.25) is 9.69 Å². The minimum absolute atomic E-state index is 0.0356. The van der Waals surface area contributed by atoms with Crippen molar-refractivity contribution in [2.24, 2.45) is 0 Å². The van der Waals surface area contributed by atoms with Crippen molar-refractivity contribution in [2.45, 2.75) is 6.92 Å². The summed E-state index contributed by atoms with van der Waals surface area (Å²) in [5.74, 6) is -0.287. The standard InChI is InChI=1S/C18H22FN3OS/c1-13-12-16(24-17(13)14-2-4-15(19)5-3-14)18(23)21-8-11-22-9-6-20-7-10-22/h2-5,12,20H,6-11H2,1H3,(H,21,23). The van der Waals surface area contributed by atoms with E-state index in [0.717, 1.165) is 48.7 Å². The molecule has 128 valence electrons. The summed E-state index contributed by atoms with van der Waals surface area (Å²) >= 11 is 1.45. The van der Waals surface area contributed by atoms with E-state index < -0.39 is 0 Å². The van der Waals surface area contributed by atoms with Gasteiger partial charge in [-0.2, -0.15) is 0 Å². The summed E-state index contributed by atoms with van der Waals surface area (Å²) in [4.78, 5) is 16.4. The third kappa shape index (κ3) is 4.20. The summed E-state index contributed by atoms with van der Waals surface area (Å²) < 4.78 is 13.1. The van der Waals surface area contributed by atoms with E-state index in [1.165, 1.54) is 23.5 Å².